The molecule has 12 heteroatoms. The van der Waals surface area contributed by atoms with Gasteiger partial charge in [-0.3, -0.25) is 0 Å². The van der Waals surface area contributed by atoms with E-state index in [4.69, 9.17) is 15.2 Å². The van der Waals surface area contributed by atoms with Crippen LogP contribution < -0.4 is 31.5 Å². The zero-order valence-electron chi connectivity index (χ0n) is 22.0. The Bertz CT molecular complexity index is 903. The molecule has 0 radical (unpaired) electrons. The predicted octanol–water partition coefficient (Wildman–Crippen LogP) is 1.49. The summed E-state index contributed by atoms with van der Waals surface area (Å²) in [6.45, 7) is 11.3. The maximum absolute atomic E-state index is 5.88. The van der Waals surface area contributed by atoms with Crippen molar-refractivity contribution in [3.8, 4) is 0 Å². The van der Waals surface area contributed by atoms with E-state index in [1.54, 1.807) is 12.4 Å². The highest BCUT2D eigenvalue weighted by Crippen LogP contribution is 2.19. The van der Waals surface area contributed by atoms with Gasteiger partial charge in [-0.25, -0.2) is 9.97 Å². The molecule has 0 unspecified atom stereocenters. The minimum atomic E-state index is 0.200. The van der Waals surface area contributed by atoms with Crippen molar-refractivity contribution in [1.82, 2.24) is 25.3 Å². The van der Waals surface area contributed by atoms with Crippen LogP contribution in [0.15, 0.2) is 24.5 Å². The van der Waals surface area contributed by atoms with Crippen LogP contribution in [-0.4, -0.2) is 91.4 Å². The number of likely N-dealkylation sites (N-methyl/N-ethyl adjacent to an activating group) is 1. The molecule has 2 aromatic rings. The molecule has 200 valence electrons. The van der Waals surface area contributed by atoms with Gasteiger partial charge in [0.15, 0.2) is 0 Å². The van der Waals surface area contributed by atoms with Gasteiger partial charge in [0.2, 0.25) is 11.9 Å². The Labute approximate surface area is 214 Å². The van der Waals surface area contributed by atoms with Gasteiger partial charge < -0.3 is 41.0 Å². The van der Waals surface area contributed by atoms with E-state index in [2.05, 4.69) is 45.7 Å². The third kappa shape index (κ3) is 9.01. The molecule has 4 heterocycles. The molecule has 2 fully saturated rings. The lowest BCUT2D eigenvalue weighted by molar-refractivity contribution is 0.0935. The molecule has 0 aromatic carbocycles. The molecule has 2 aromatic heterocycles. The number of hydrogen-bond donors (Lipinski definition) is 4. The van der Waals surface area contributed by atoms with Gasteiger partial charge in [0, 0.05) is 57.3 Å². The van der Waals surface area contributed by atoms with E-state index in [-0.39, 0.29) is 12.1 Å². The number of aromatic nitrogens is 4. The molecule has 0 aliphatic carbocycles. The lowest BCUT2D eigenvalue weighted by Gasteiger charge is -2.18. The standard InChI is InChI=1S/C13H23N5O.C11H19N5O/c1-10(2)19-9-16-13-15-6-4-12(17-13)18-7-5-11(8-18)14-3;1-2-17-8-14-11-13-5-3-10(15-11)16-6-4-9(12)7-16/h4,6,10-11,14H,5,7-9H2,1-3H3,(H,15,16,17);3,5,9H,2,4,6-8,12H2,1H3,(H,13,14,15)/t11-;9-/m11/s1. The Hall–Kier alpha value is -2.80. The van der Waals surface area contributed by atoms with Crippen LogP contribution in [0.1, 0.15) is 33.6 Å². The first-order chi connectivity index (χ1) is 17.5. The molecule has 0 bridgehead atoms. The highest BCUT2D eigenvalue weighted by Gasteiger charge is 2.22. The number of nitrogens with zero attached hydrogens (tertiary/aromatic N) is 6. The Balaban J connectivity index is 0.000000202. The Morgan fingerprint density at radius 3 is 2.11 bits per heavy atom. The molecule has 4 rings (SSSR count). The van der Waals surface area contributed by atoms with Crippen LogP contribution in [0.2, 0.25) is 0 Å². The van der Waals surface area contributed by atoms with E-state index in [9.17, 15) is 0 Å². The highest BCUT2D eigenvalue weighted by molar-refractivity contribution is 5.44. The van der Waals surface area contributed by atoms with Gasteiger partial charge in [-0.2, -0.15) is 9.97 Å². The van der Waals surface area contributed by atoms with Crippen LogP contribution in [0.25, 0.3) is 0 Å². The third-order valence-electron chi connectivity index (χ3n) is 5.93. The molecule has 36 heavy (non-hydrogen) atoms. The van der Waals surface area contributed by atoms with Gasteiger partial charge >= 0.3 is 0 Å². The maximum atomic E-state index is 5.88. The van der Waals surface area contributed by atoms with Crippen LogP contribution in [0.5, 0.6) is 0 Å². The van der Waals surface area contributed by atoms with Crippen molar-refractivity contribution in [3.05, 3.63) is 24.5 Å². The van der Waals surface area contributed by atoms with E-state index in [0.717, 1.165) is 50.7 Å². The number of nitrogens with two attached hydrogens (primary N) is 1. The second kappa shape index (κ2) is 14.7. The molecular weight excluding hydrogens is 460 g/mol. The topological polar surface area (TPSA) is 139 Å². The van der Waals surface area contributed by atoms with Crippen molar-refractivity contribution < 1.29 is 9.47 Å². The molecule has 2 saturated heterocycles. The summed E-state index contributed by atoms with van der Waals surface area (Å²) in [6.07, 6.45) is 5.91. The number of rotatable bonds is 11. The van der Waals surface area contributed by atoms with Gasteiger partial charge in [0.05, 0.1) is 6.10 Å². The van der Waals surface area contributed by atoms with Crippen molar-refractivity contribution >= 4 is 23.5 Å². The molecule has 0 spiro atoms. The zero-order chi connectivity index (χ0) is 25.8. The molecule has 0 amide bonds. The summed E-state index contributed by atoms with van der Waals surface area (Å²) in [5, 5.41) is 9.40. The summed E-state index contributed by atoms with van der Waals surface area (Å²) in [5.74, 6) is 3.11. The predicted molar refractivity (Wildman–Crippen MR) is 143 cm³/mol. The Kier molecular flexibility index (Phi) is 11.3. The second-order valence-electron chi connectivity index (χ2n) is 9.04. The van der Waals surface area contributed by atoms with Crippen molar-refractivity contribution in [2.75, 3.05) is 73.7 Å². The fraction of sp³-hybridized carbons (Fsp3) is 0.667. The van der Waals surface area contributed by atoms with Crippen LogP contribution in [-0.2, 0) is 9.47 Å². The maximum Gasteiger partial charge on any atom is 0.226 e. The molecule has 2 aliphatic rings. The first-order valence-corrected chi connectivity index (χ1v) is 12.7. The summed E-state index contributed by atoms with van der Waals surface area (Å²) in [6, 6.07) is 4.66. The quantitative estimate of drug-likeness (QED) is 0.261. The van der Waals surface area contributed by atoms with E-state index in [0.29, 0.717) is 38.0 Å². The van der Waals surface area contributed by atoms with Gasteiger partial charge in [-0.05, 0) is 52.8 Å². The lowest BCUT2D eigenvalue weighted by Crippen LogP contribution is -2.30. The van der Waals surface area contributed by atoms with Crippen molar-refractivity contribution in [3.63, 3.8) is 0 Å². The van der Waals surface area contributed by atoms with Crippen molar-refractivity contribution in [2.24, 2.45) is 5.73 Å². The Morgan fingerprint density at radius 1 is 0.972 bits per heavy atom. The molecular formula is C24H42N10O2. The molecule has 12 nitrogen and oxygen atoms in total. The van der Waals surface area contributed by atoms with Crippen LogP contribution in [0, 0.1) is 0 Å². The summed E-state index contributed by atoms with van der Waals surface area (Å²) < 4.78 is 10.6. The van der Waals surface area contributed by atoms with E-state index in [1.807, 2.05) is 40.0 Å². The lowest BCUT2D eigenvalue weighted by atomic mass is 10.3. The largest absolute Gasteiger partial charge is 0.362 e. The van der Waals surface area contributed by atoms with E-state index in [1.165, 1.54) is 0 Å². The van der Waals surface area contributed by atoms with Gasteiger partial charge in [-0.1, -0.05) is 0 Å². The van der Waals surface area contributed by atoms with Crippen LogP contribution in [0.4, 0.5) is 23.5 Å². The minimum Gasteiger partial charge on any atom is -0.362 e. The van der Waals surface area contributed by atoms with Crippen LogP contribution >= 0.6 is 0 Å². The van der Waals surface area contributed by atoms with E-state index >= 15 is 0 Å². The highest BCUT2D eigenvalue weighted by atomic mass is 16.5. The monoisotopic (exact) mass is 502 g/mol. The number of anilines is 4. The molecule has 0 saturated carbocycles. The number of ether oxygens (including phenoxy) is 2. The summed E-state index contributed by atoms with van der Waals surface area (Å²) in [7, 11) is 2.00. The Morgan fingerprint density at radius 2 is 1.58 bits per heavy atom. The molecule has 2 atom stereocenters. The summed E-state index contributed by atoms with van der Waals surface area (Å²) in [4.78, 5) is 21.7. The first kappa shape index (κ1) is 27.8. The number of nitrogens with one attached hydrogen (secondary N) is 3. The first-order valence-electron chi connectivity index (χ1n) is 12.7. The number of hydrogen-bond acceptors (Lipinski definition) is 12. The van der Waals surface area contributed by atoms with E-state index < -0.39 is 0 Å². The summed E-state index contributed by atoms with van der Waals surface area (Å²) >= 11 is 0. The van der Waals surface area contributed by atoms with Crippen LogP contribution in [0.3, 0.4) is 0 Å². The molecule has 5 N–H and O–H groups in total. The smallest absolute Gasteiger partial charge is 0.226 e. The van der Waals surface area contributed by atoms with Gasteiger partial charge in [-0.15, -0.1) is 0 Å². The second-order valence-corrected chi connectivity index (χ2v) is 9.04. The SMILES string of the molecule is CCOCNc1nccc(N2CC[C@@H](N)C2)n1.CN[C@@H]1CCN(c2ccnc(NCOC(C)C)n2)C1. The molecule has 2 aliphatic heterocycles. The average molecular weight is 503 g/mol. The third-order valence-corrected chi connectivity index (χ3v) is 5.93. The zero-order valence-corrected chi connectivity index (χ0v) is 22.0. The van der Waals surface area contributed by atoms with Gasteiger partial charge in [0.25, 0.3) is 0 Å². The average Bonchev–Trinajstić information content (AvgIpc) is 3.54. The van der Waals surface area contributed by atoms with Gasteiger partial charge in [0.1, 0.15) is 25.1 Å². The fourth-order valence-electron chi connectivity index (χ4n) is 3.91. The minimum absolute atomic E-state index is 0.200. The van der Waals surface area contributed by atoms with Crippen molar-refractivity contribution in [2.45, 2.75) is 51.8 Å². The normalized spacial score (nSPS) is 19.4. The fourth-order valence-corrected chi connectivity index (χ4v) is 3.91. The summed E-state index contributed by atoms with van der Waals surface area (Å²) in [5.41, 5.74) is 5.88. The van der Waals surface area contributed by atoms with Crippen molar-refractivity contribution in [1.29, 1.82) is 0 Å².